The number of rotatable bonds is 2. The predicted molar refractivity (Wildman–Crippen MR) is 71.8 cm³/mol. The van der Waals surface area contributed by atoms with E-state index >= 15 is 0 Å². The molecule has 1 aliphatic rings. The van der Waals surface area contributed by atoms with Gasteiger partial charge in [0.2, 0.25) is 0 Å². The lowest BCUT2D eigenvalue weighted by Gasteiger charge is -2.31. The summed E-state index contributed by atoms with van der Waals surface area (Å²) in [5.41, 5.74) is 5.72. The van der Waals surface area contributed by atoms with Gasteiger partial charge in [0, 0.05) is 19.0 Å². The van der Waals surface area contributed by atoms with Crippen molar-refractivity contribution >= 4 is 23.1 Å². The summed E-state index contributed by atoms with van der Waals surface area (Å²) in [4.78, 5) is 14.3. The summed E-state index contributed by atoms with van der Waals surface area (Å²) < 4.78 is 13.5. The van der Waals surface area contributed by atoms with E-state index in [0.29, 0.717) is 18.1 Å². The zero-order chi connectivity index (χ0) is 13.1. The van der Waals surface area contributed by atoms with Gasteiger partial charge < -0.3 is 10.6 Å². The number of piperidine rings is 1. The SMILES string of the molecule is NC(=S)C1CCN(C(=O)c2ccccc2F)CC1. The molecule has 1 aromatic rings. The first-order valence-corrected chi connectivity index (χ1v) is 6.33. The minimum Gasteiger partial charge on any atom is -0.393 e. The van der Waals surface area contributed by atoms with Crippen LogP contribution >= 0.6 is 12.2 Å². The molecule has 1 heterocycles. The Hall–Kier alpha value is -1.49. The van der Waals surface area contributed by atoms with E-state index in [1.54, 1.807) is 17.0 Å². The number of hydrogen-bond acceptors (Lipinski definition) is 2. The number of benzene rings is 1. The van der Waals surface area contributed by atoms with Crippen molar-refractivity contribution in [1.29, 1.82) is 0 Å². The monoisotopic (exact) mass is 266 g/mol. The molecule has 0 spiro atoms. The average molecular weight is 266 g/mol. The zero-order valence-electron chi connectivity index (χ0n) is 9.93. The highest BCUT2D eigenvalue weighted by molar-refractivity contribution is 7.80. The van der Waals surface area contributed by atoms with Crippen LogP contribution in [0.15, 0.2) is 24.3 Å². The summed E-state index contributed by atoms with van der Waals surface area (Å²) in [6, 6.07) is 6.05. The first-order chi connectivity index (χ1) is 8.59. The fraction of sp³-hybridized carbons (Fsp3) is 0.385. The molecule has 0 aliphatic carbocycles. The van der Waals surface area contributed by atoms with Crippen molar-refractivity contribution in [1.82, 2.24) is 4.90 Å². The normalized spacial score (nSPS) is 16.6. The standard InChI is InChI=1S/C13H15FN2OS/c14-11-4-2-1-3-10(11)13(17)16-7-5-9(6-8-16)12(15)18/h1-4,9H,5-8H2,(H2,15,18). The van der Waals surface area contributed by atoms with Crippen LogP contribution in [0.3, 0.4) is 0 Å². The Labute approximate surface area is 111 Å². The van der Waals surface area contributed by atoms with Crippen LogP contribution in [-0.2, 0) is 0 Å². The third-order valence-corrected chi connectivity index (χ3v) is 3.62. The molecular weight excluding hydrogens is 251 g/mol. The maximum Gasteiger partial charge on any atom is 0.256 e. The molecule has 0 aromatic heterocycles. The summed E-state index contributed by atoms with van der Waals surface area (Å²) in [5.74, 6) is -0.530. The molecular formula is C13H15FN2OS. The minimum absolute atomic E-state index is 0.131. The summed E-state index contributed by atoms with van der Waals surface area (Å²) >= 11 is 4.95. The van der Waals surface area contributed by atoms with E-state index in [4.69, 9.17) is 18.0 Å². The largest absolute Gasteiger partial charge is 0.393 e. The lowest BCUT2D eigenvalue weighted by atomic mass is 9.96. The minimum atomic E-state index is -0.473. The molecule has 1 amide bonds. The van der Waals surface area contributed by atoms with E-state index in [2.05, 4.69) is 0 Å². The Bertz CT molecular complexity index is 470. The lowest BCUT2D eigenvalue weighted by Crippen LogP contribution is -2.41. The van der Waals surface area contributed by atoms with Gasteiger partial charge in [-0.3, -0.25) is 4.79 Å². The Morgan fingerprint density at radius 2 is 1.94 bits per heavy atom. The number of amides is 1. The molecule has 0 saturated carbocycles. The smallest absolute Gasteiger partial charge is 0.256 e. The molecule has 1 fully saturated rings. The van der Waals surface area contributed by atoms with Crippen molar-refractivity contribution in [3.8, 4) is 0 Å². The number of likely N-dealkylation sites (tertiary alicyclic amines) is 1. The second kappa shape index (κ2) is 5.44. The van der Waals surface area contributed by atoms with Gasteiger partial charge in [-0.15, -0.1) is 0 Å². The zero-order valence-corrected chi connectivity index (χ0v) is 10.8. The van der Waals surface area contributed by atoms with Crippen molar-refractivity contribution in [3.05, 3.63) is 35.6 Å². The van der Waals surface area contributed by atoms with Crippen LogP contribution in [0.25, 0.3) is 0 Å². The van der Waals surface area contributed by atoms with Crippen LogP contribution in [0.1, 0.15) is 23.2 Å². The molecule has 0 atom stereocenters. The van der Waals surface area contributed by atoms with Crippen LogP contribution in [0, 0.1) is 11.7 Å². The highest BCUT2D eigenvalue weighted by Gasteiger charge is 2.26. The van der Waals surface area contributed by atoms with E-state index in [0.717, 1.165) is 12.8 Å². The van der Waals surface area contributed by atoms with Crippen LogP contribution in [0.5, 0.6) is 0 Å². The van der Waals surface area contributed by atoms with E-state index in [-0.39, 0.29) is 17.4 Å². The number of hydrogen-bond donors (Lipinski definition) is 1. The molecule has 1 aliphatic heterocycles. The van der Waals surface area contributed by atoms with Crippen LogP contribution in [0.2, 0.25) is 0 Å². The van der Waals surface area contributed by atoms with Gasteiger partial charge in [-0.25, -0.2) is 4.39 Å². The maximum atomic E-state index is 13.5. The third-order valence-electron chi connectivity index (χ3n) is 3.29. The summed E-state index contributed by atoms with van der Waals surface area (Å²) in [7, 11) is 0. The first-order valence-electron chi connectivity index (χ1n) is 5.92. The van der Waals surface area contributed by atoms with Gasteiger partial charge >= 0.3 is 0 Å². The summed E-state index contributed by atoms with van der Waals surface area (Å²) in [6.45, 7) is 1.16. The van der Waals surface area contributed by atoms with Gasteiger partial charge in [0.15, 0.2) is 0 Å². The van der Waals surface area contributed by atoms with Crippen molar-refractivity contribution in [2.75, 3.05) is 13.1 Å². The number of thiocarbonyl (C=S) groups is 1. The van der Waals surface area contributed by atoms with E-state index in [1.165, 1.54) is 12.1 Å². The number of halogens is 1. The summed E-state index contributed by atoms with van der Waals surface area (Å²) in [5, 5.41) is 0. The van der Waals surface area contributed by atoms with Gasteiger partial charge in [-0.05, 0) is 25.0 Å². The van der Waals surface area contributed by atoms with E-state index < -0.39 is 5.82 Å². The highest BCUT2D eigenvalue weighted by atomic mass is 32.1. The van der Waals surface area contributed by atoms with E-state index in [1.807, 2.05) is 0 Å². The molecule has 0 bridgehead atoms. The molecule has 3 nitrogen and oxygen atoms in total. The van der Waals surface area contributed by atoms with Gasteiger partial charge in [-0.1, -0.05) is 24.4 Å². The first kappa shape index (κ1) is 13.0. The maximum absolute atomic E-state index is 13.5. The van der Waals surface area contributed by atoms with Crippen molar-refractivity contribution < 1.29 is 9.18 Å². The molecule has 2 rings (SSSR count). The second-order valence-electron chi connectivity index (χ2n) is 4.45. The van der Waals surface area contributed by atoms with Crippen LogP contribution < -0.4 is 5.73 Å². The van der Waals surface area contributed by atoms with Crippen molar-refractivity contribution in [3.63, 3.8) is 0 Å². The van der Waals surface area contributed by atoms with Gasteiger partial charge in [0.1, 0.15) is 5.82 Å². The quantitative estimate of drug-likeness (QED) is 0.832. The molecule has 96 valence electrons. The molecule has 0 radical (unpaired) electrons. The lowest BCUT2D eigenvalue weighted by molar-refractivity contribution is 0.0705. The Morgan fingerprint density at radius 1 is 1.33 bits per heavy atom. The fourth-order valence-electron chi connectivity index (χ4n) is 2.17. The Kier molecular flexibility index (Phi) is 3.91. The second-order valence-corrected chi connectivity index (χ2v) is 4.92. The highest BCUT2D eigenvalue weighted by Crippen LogP contribution is 2.20. The molecule has 2 N–H and O–H groups in total. The molecule has 5 heteroatoms. The third kappa shape index (κ3) is 2.67. The number of carbonyl (C=O) groups excluding carboxylic acids is 1. The van der Waals surface area contributed by atoms with Gasteiger partial charge in [0.05, 0.1) is 10.6 Å². The Morgan fingerprint density at radius 3 is 2.50 bits per heavy atom. The fourth-order valence-corrected chi connectivity index (χ4v) is 2.41. The van der Waals surface area contributed by atoms with Gasteiger partial charge in [-0.2, -0.15) is 0 Å². The van der Waals surface area contributed by atoms with Gasteiger partial charge in [0.25, 0.3) is 5.91 Å². The molecule has 0 unspecified atom stereocenters. The average Bonchev–Trinajstić information content (AvgIpc) is 2.38. The van der Waals surface area contributed by atoms with Crippen LogP contribution in [-0.4, -0.2) is 28.9 Å². The van der Waals surface area contributed by atoms with Crippen LogP contribution in [0.4, 0.5) is 4.39 Å². The Balaban J connectivity index is 2.04. The van der Waals surface area contributed by atoms with E-state index in [9.17, 15) is 9.18 Å². The topological polar surface area (TPSA) is 46.3 Å². The molecule has 1 aromatic carbocycles. The summed E-state index contributed by atoms with van der Waals surface area (Å²) in [6.07, 6.45) is 1.52. The molecule has 18 heavy (non-hydrogen) atoms. The van der Waals surface area contributed by atoms with Crippen molar-refractivity contribution in [2.45, 2.75) is 12.8 Å². The van der Waals surface area contributed by atoms with Crippen molar-refractivity contribution in [2.24, 2.45) is 11.7 Å². The predicted octanol–water partition coefficient (Wildman–Crippen LogP) is 1.96. The number of nitrogens with zero attached hydrogens (tertiary/aromatic N) is 1. The molecule has 1 saturated heterocycles. The number of carbonyl (C=O) groups is 1. The number of nitrogens with two attached hydrogens (primary N) is 1.